The number of halogens is 1. The molecule has 0 fully saturated rings. The summed E-state index contributed by atoms with van der Waals surface area (Å²) >= 11 is 0. The van der Waals surface area contributed by atoms with E-state index in [2.05, 4.69) is 11.1 Å². The van der Waals surface area contributed by atoms with Gasteiger partial charge in [0.1, 0.15) is 18.7 Å². The monoisotopic (exact) mass is 348 g/mol. The Balaban J connectivity index is 2.18. The molecule has 0 radical (unpaired) electrons. The second-order valence-corrected chi connectivity index (χ2v) is 5.60. The maximum atomic E-state index is 14.4. The highest BCUT2D eigenvalue weighted by Crippen LogP contribution is 2.31. The predicted octanol–water partition coefficient (Wildman–Crippen LogP) is 4.55. The number of nitriles is 1. The largest absolute Gasteiger partial charge is 0.359 e. The number of benzene rings is 2. The van der Waals surface area contributed by atoms with Crippen LogP contribution >= 0.6 is 0 Å². The Morgan fingerprint density at radius 2 is 1.77 bits per heavy atom. The number of nitrogens with zero attached hydrogens (tertiary/aromatic N) is 2. The zero-order valence-corrected chi connectivity index (χ0v) is 14.3. The van der Waals surface area contributed by atoms with Crippen molar-refractivity contribution in [2.45, 2.75) is 6.61 Å². The van der Waals surface area contributed by atoms with E-state index in [0.717, 1.165) is 5.56 Å². The molecule has 0 aliphatic carbocycles. The minimum absolute atomic E-state index is 0.0963. The average Bonchev–Trinajstić information content (AvgIpc) is 2.69. The first-order chi connectivity index (χ1) is 12.7. The van der Waals surface area contributed by atoms with E-state index in [1.54, 1.807) is 24.3 Å². The Hall–Kier alpha value is -3.07. The summed E-state index contributed by atoms with van der Waals surface area (Å²) in [6.07, 6.45) is 0. The van der Waals surface area contributed by atoms with Gasteiger partial charge < -0.3 is 9.47 Å². The van der Waals surface area contributed by atoms with Crippen LogP contribution < -0.4 is 0 Å². The van der Waals surface area contributed by atoms with Crippen LogP contribution in [0.1, 0.15) is 11.1 Å². The fourth-order valence-electron chi connectivity index (χ4n) is 2.69. The van der Waals surface area contributed by atoms with Crippen molar-refractivity contribution in [3.05, 3.63) is 77.6 Å². The zero-order valence-electron chi connectivity index (χ0n) is 14.3. The summed E-state index contributed by atoms with van der Waals surface area (Å²) in [5, 5.41) is 9.56. The van der Waals surface area contributed by atoms with Crippen molar-refractivity contribution in [3.63, 3.8) is 0 Å². The van der Waals surface area contributed by atoms with Gasteiger partial charge in [0.15, 0.2) is 0 Å². The maximum absolute atomic E-state index is 14.4. The van der Waals surface area contributed by atoms with Gasteiger partial charge >= 0.3 is 0 Å². The first-order valence-corrected chi connectivity index (χ1v) is 8.05. The van der Waals surface area contributed by atoms with E-state index in [1.165, 1.54) is 13.2 Å². The van der Waals surface area contributed by atoms with Crippen LogP contribution in [0.5, 0.6) is 0 Å². The highest BCUT2D eigenvalue weighted by atomic mass is 19.1. The normalized spacial score (nSPS) is 10.5. The molecular formula is C21H17FN2O2. The molecule has 0 N–H and O–H groups in total. The molecule has 0 aliphatic rings. The summed E-state index contributed by atoms with van der Waals surface area (Å²) in [7, 11) is 1.52. The van der Waals surface area contributed by atoms with Crippen LogP contribution in [-0.4, -0.2) is 18.9 Å². The molecule has 1 aromatic heterocycles. The van der Waals surface area contributed by atoms with Crippen LogP contribution in [0.2, 0.25) is 0 Å². The first-order valence-electron chi connectivity index (χ1n) is 8.05. The van der Waals surface area contributed by atoms with Gasteiger partial charge in [-0.25, -0.2) is 9.37 Å². The van der Waals surface area contributed by atoms with Gasteiger partial charge in [0.2, 0.25) is 0 Å². The van der Waals surface area contributed by atoms with E-state index in [9.17, 15) is 9.65 Å². The minimum atomic E-state index is -0.378. The van der Waals surface area contributed by atoms with Gasteiger partial charge in [-0.15, -0.1) is 0 Å². The molecule has 5 heteroatoms. The topological polar surface area (TPSA) is 55.1 Å². The van der Waals surface area contributed by atoms with Crippen LogP contribution in [-0.2, 0) is 16.1 Å². The van der Waals surface area contributed by atoms with Crippen molar-refractivity contribution >= 4 is 0 Å². The van der Waals surface area contributed by atoms with Crippen LogP contribution in [0.15, 0.2) is 60.7 Å². The number of methoxy groups -OCH3 is 1. The van der Waals surface area contributed by atoms with Gasteiger partial charge in [-0.05, 0) is 18.2 Å². The van der Waals surface area contributed by atoms with Gasteiger partial charge in [-0.3, -0.25) is 0 Å². The average molecular weight is 348 g/mol. The third kappa shape index (κ3) is 3.77. The third-order valence-corrected chi connectivity index (χ3v) is 3.86. The highest BCUT2D eigenvalue weighted by molar-refractivity contribution is 5.73. The Morgan fingerprint density at radius 3 is 2.46 bits per heavy atom. The Kier molecular flexibility index (Phi) is 5.69. The summed E-state index contributed by atoms with van der Waals surface area (Å²) in [4.78, 5) is 4.64. The molecule has 0 bridgehead atoms. The molecule has 0 amide bonds. The number of hydrogen-bond acceptors (Lipinski definition) is 4. The fourth-order valence-corrected chi connectivity index (χ4v) is 2.69. The molecule has 130 valence electrons. The quantitative estimate of drug-likeness (QED) is 0.484. The molecule has 2 aromatic carbocycles. The molecule has 0 spiro atoms. The number of hydrogen-bond donors (Lipinski definition) is 0. The molecule has 0 atom stereocenters. The zero-order chi connectivity index (χ0) is 18.4. The van der Waals surface area contributed by atoms with Crippen LogP contribution in [0.3, 0.4) is 0 Å². The molecule has 0 saturated carbocycles. The molecule has 26 heavy (non-hydrogen) atoms. The fraction of sp³-hybridized carbons (Fsp3) is 0.143. The number of ether oxygens (including phenoxy) is 2. The molecule has 3 aromatic rings. The number of pyridine rings is 1. The molecule has 1 heterocycles. The summed E-state index contributed by atoms with van der Waals surface area (Å²) in [6, 6.07) is 19.7. The van der Waals surface area contributed by atoms with Crippen LogP contribution in [0.25, 0.3) is 22.5 Å². The van der Waals surface area contributed by atoms with Gasteiger partial charge in [-0.2, -0.15) is 5.26 Å². The molecule has 0 saturated heterocycles. The smallest absolute Gasteiger partial charge is 0.146 e. The van der Waals surface area contributed by atoms with Gasteiger partial charge in [-0.1, -0.05) is 42.5 Å². The molecule has 0 unspecified atom stereocenters. The lowest BCUT2D eigenvalue weighted by atomic mass is 9.99. The van der Waals surface area contributed by atoms with Crippen molar-refractivity contribution in [1.82, 2.24) is 4.98 Å². The number of rotatable bonds is 6. The van der Waals surface area contributed by atoms with E-state index < -0.39 is 0 Å². The van der Waals surface area contributed by atoms with Crippen molar-refractivity contribution in [2.24, 2.45) is 0 Å². The lowest BCUT2D eigenvalue weighted by molar-refractivity contribution is -0.0389. The molecular weight excluding hydrogens is 331 g/mol. The maximum Gasteiger partial charge on any atom is 0.146 e. The lowest BCUT2D eigenvalue weighted by Gasteiger charge is -2.14. The predicted molar refractivity (Wildman–Crippen MR) is 96.4 cm³/mol. The van der Waals surface area contributed by atoms with Gasteiger partial charge in [0.25, 0.3) is 0 Å². The van der Waals surface area contributed by atoms with Gasteiger partial charge in [0.05, 0.1) is 23.6 Å². The molecule has 4 nitrogen and oxygen atoms in total. The van der Waals surface area contributed by atoms with E-state index in [1.807, 2.05) is 30.3 Å². The number of aromatic nitrogens is 1. The Bertz CT molecular complexity index is 936. The van der Waals surface area contributed by atoms with Crippen molar-refractivity contribution in [1.29, 1.82) is 5.26 Å². The van der Waals surface area contributed by atoms with Crippen LogP contribution in [0.4, 0.5) is 4.39 Å². The summed E-state index contributed by atoms with van der Waals surface area (Å²) in [5.74, 6) is -0.378. The first kappa shape index (κ1) is 17.7. The summed E-state index contributed by atoms with van der Waals surface area (Å²) in [6.45, 7) is 0.257. The van der Waals surface area contributed by atoms with Crippen molar-refractivity contribution < 1.29 is 13.9 Å². The Morgan fingerprint density at radius 1 is 1.04 bits per heavy atom. The lowest BCUT2D eigenvalue weighted by Crippen LogP contribution is -2.04. The highest BCUT2D eigenvalue weighted by Gasteiger charge is 2.17. The SMILES string of the molecule is COCOCc1cc(C#N)c(-c2ccccc2)nc1-c1ccccc1F. The van der Waals surface area contributed by atoms with Crippen molar-refractivity contribution in [2.75, 3.05) is 13.9 Å². The Labute approximate surface area is 151 Å². The second-order valence-electron chi connectivity index (χ2n) is 5.60. The van der Waals surface area contributed by atoms with E-state index in [4.69, 9.17) is 9.47 Å². The minimum Gasteiger partial charge on any atom is -0.359 e. The van der Waals surface area contributed by atoms with Gasteiger partial charge in [0, 0.05) is 23.8 Å². The summed E-state index contributed by atoms with van der Waals surface area (Å²) in [5.41, 5.74) is 3.17. The van der Waals surface area contributed by atoms with Crippen LogP contribution in [0, 0.1) is 17.1 Å². The molecule has 3 rings (SSSR count). The second kappa shape index (κ2) is 8.34. The third-order valence-electron chi connectivity index (χ3n) is 3.86. The molecule has 0 aliphatic heterocycles. The standard InChI is InChI=1S/C21H17FN2O2/c1-25-14-26-13-17-11-16(12-23)20(15-7-3-2-4-8-15)24-21(17)18-9-5-6-10-19(18)22/h2-11H,13-14H2,1H3. The van der Waals surface area contributed by atoms with E-state index in [-0.39, 0.29) is 19.2 Å². The van der Waals surface area contributed by atoms with Crippen molar-refractivity contribution in [3.8, 4) is 28.6 Å². The van der Waals surface area contributed by atoms with E-state index >= 15 is 0 Å². The summed E-state index contributed by atoms with van der Waals surface area (Å²) < 4.78 is 24.7. The van der Waals surface area contributed by atoms with E-state index in [0.29, 0.717) is 28.1 Å².